The Hall–Kier alpha value is -8.46. The molecule has 14 rings (SSSR count). The van der Waals surface area contributed by atoms with Crippen LogP contribution >= 0.6 is 0 Å². The Morgan fingerprint density at radius 2 is 0.672 bits per heavy atom. The zero-order chi connectivity index (χ0) is 41.9. The first-order valence-electron chi connectivity index (χ1n) is 22.0. The molecule has 2 heterocycles. The van der Waals surface area contributed by atoms with Gasteiger partial charge in [-0.25, -0.2) is 0 Å². The Morgan fingerprint density at radius 1 is 0.219 bits per heavy atom. The average molecular weight is 813 g/mol. The first kappa shape index (κ1) is 35.2. The predicted octanol–water partition coefficient (Wildman–Crippen LogP) is 17.9. The summed E-state index contributed by atoms with van der Waals surface area (Å²) in [6.07, 6.45) is 0. The molecule has 0 bridgehead atoms. The van der Waals surface area contributed by atoms with Crippen LogP contribution in [0.4, 0.5) is 0 Å². The van der Waals surface area contributed by atoms with Gasteiger partial charge in [0.25, 0.3) is 0 Å². The Balaban J connectivity index is 0.986. The van der Waals surface area contributed by atoms with Crippen LogP contribution in [0.2, 0.25) is 0 Å². The molecule has 0 saturated heterocycles. The van der Waals surface area contributed by atoms with Crippen LogP contribution in [0.3, 0.4) is 0 Å². The molecule has 12 aromatic carbocycles. The third-order valence-electron chi connectivity index (χ3n) is 13.6. The van der Waals surface area contributed by atoms with Gasteiger partial charge < -0.3 is 8.83 Å². The maximum atomic E-state index is 6.90. The van der Waals surface area contributed by atoms with E-state index in [4.69, 9.17) is 8.83 Å². The molecule has 14 aromatic rings. The molecule has 0 fully saturated rings. The topological polar surface area (TPSA) is 26.3 Å². The molecule has 0 amide bonds. The second-order valence-electron chi connectivity index (χ2n) is 17.0. The standard InChI is InChI=1S/C62H36O2/c1-2-15-37(16-3-1)58-42-19-6-8-21-44(42)60(45-22-9-7-20-43(45)58)41-29-31-50-56(36-41)64-55-28-14-27-51(62(50)55)61-48-25-12-10-23-46(48)59(47-24-11-13-26-49(47)61)40-30-32-54-52(34-40)53-33-38-17-4-5-18-39(38)35-57(53)63-54/h1-36H. The number of furan rings is 2. The lowest BCUT2D eigenvalue weighted by Gasteiger charge is -2.18. The highest BCUT2D eigenvalue weighted by atomic mass is 16.3. The maximum Gasteiger partial charge on any atom is 0.136 e. The molecule has 0 saturated carbocycles. The monoisotopic (exact) mass is 812 g/mol. The summed E-state index contributed by atoms with van der Waals surface area (Å²) in [5, 5.41) is 16.6. The van der Waals surface area contributed by atoms with Gasteiger partial charge in [-0.3, -0.25) is 0 Å². The van der Waals surface area contributed by atoms with Gasteiger partial charge in [-0.2, -0.15) is 0 Å². The van der Waals surface area contributed by atoms with Gasteiger partial charge >= 0.3 is 0 Å². The van der Waals surface area contributed by atoms with Crippen molar-refractivity contribution in [1.29, 1.82) is 0 Å². The zero-order valence-electron chi connectivity index (χ0n) is 34.6. The van der Waals surface area contributed by atoms with E-state index in [2.05, 4.69) is 218 Å². The SMILES string of the molecule is c1ccc(-c2c3ccccc3c(-c3ccc4c(c3)oc3cccc(-c5c6ccccc6c(-c6ccc7oc8cc9ccccc9cc8c7c6)c6ccccc56)c34)c3ccccc23)cc1. The summed E-state index contributed by atoms with van der Waals surface area (Å²) in [5.41, 5.74) is 13.1. The lowest BCUT2D eigenvalue weighted by atomic mass is 9.84. The highest BCUT2D eigenvalue weighted by Crippen LogP contribution is 2.49. The molecule has 0 atom stereocenters. The fourth-order valence-electron chi connectivity index (χ4n) is 10.9. The summed E-state index contributed by atoms with van der Waals surface area (Å²) < 4.78 is 13.4. The van der Waals surface area contributed by atoms with Crippen LogP contribution < -0.4 is 0 Å². The minimum atomic E-state index is 0.874. The lowest BCUT2D eigenvalue weighted by Crippen LogP contribution is -1.91. The molecule has 2 aromatic heterocycles. The van der Waals surface area contributed by atoms with Gasteiger partial charge in [-0.05, 0) is 141 Å². The quantitative estimate of drug-likeness (QED) is 0.166. The highest BCUT2D eigenvalue weighted by molar-refractivity contribution is 6.27. The van der Waals surface area contributed by atoms with E-state index in [-0.39, 0.29) is 0 Å². The van der Waals surface area contributed by atoms with Gasteiger partial charge in [0.05, 0.1) is 0 Å². The molecular formula is C62H36O2. The Labute approximate surface area is 367 Å². The van der Waals surface area contributed by atoms with Crippen LogP contribution in [-0.4, -0.2) is 0 Å². The van der Waals surface area contributed by atoms with Crippen molar-refractivity contribution in [3.05, 3.63) is 218 Å². The first-order valence-corrected chi connectivity index (χ1v) is 22.0. The van der Waals surface area contributed by atoms with Crippen molar-refractivity contribution < 1.29 is 8.83 Å². The fourth-order valence-corrected chi connectivity index (χ4v) is 10.9. The predicted molar refractivity (Wildman–Crippen MR) is 270 cm³/mol. The van der Waals surface area contributed by atoms with Crippen molar-refractivity contribution in [2.24, 2.45) is 0 Å². The lowest BCUT2D eigenvalue weighted by molar-refractivity contribution is 0.669. The molecular weight excluding hydrogens is 777 g/mol. The molecule has 296 valence electrons. The van der Waals surface area contributed by atoms with Crippen LogP contribution in [0.15, 0.2) is 227 Å². The zero-order valence-corrected chi connectivity index (χ0v) is 34.6. The summed E-state index contributed by atoms with van der Waals surface area (Å²) in [7, 11) is 0. The molecule has 0 N–H and O–H groups in total. The molecule has 64 heavy (non-hydrogen) atoms. The van der Waals surface area contributed by atoms with Crippen LogP contribution in [0.5, 0.6) is 0 Å². The van der Waals surface area contributed by atoms with Crippen molar-refractivity contribution in [1.82, 2.24) is 0 Å². The Bertz CT molecular complexity index is 4130. The van der Waals surface area contributed by atoms with E-state index in [0.717, 1.165) is 55.0 Å². The summed E-state index contributed by atoms with van der Waals surface area (Å²) in [6, 6.07) is 79.2. The largest absolute Gasteiger partial charge is 0.456 e. The van der Waals surface area contributed by atoms with E-state index in [1.807, 2.05) is 0 Å². The maximum absolute atomic E-state index is 6.90. The molecule has 0 aliphatic rings. The van der Waals surface area contributed by atoms with E-state index in [1.54, 1.807) is 0 Å². The van der Waals surface area contributed by atoms with Crippen molar-refractivity contribution >= 4 is 97.7 Å². The second-order valence-corrected chi connectivity index (χ2v) is 17.0. The van der Waals surface area contributed by atoms with Crippen molar-refractivity contribution in [3.8, 4) is 44.5 Å². The van der Waals surface area contributed by atoms with Crippen LogP contribution in [0, 0.1) is 0 Å². The normalized spacial score (nSPS) is 12.1. The molecule has 0 radical (unpaired) electrons. The van der Waals surface area contributed by atoms with Crippen molar-refractivity contribution in [2.45, 2.75) is 0 Å². The van der Waals surface area contributed by atoms with Gasteiger partial charge in [0, 0.05) is 21.5 Å². The molecule has 0 unspecified atom stereocenters. The summed E-state index contributed by atoms with van der Waals surface area (Å²) in [6.45, 7) is 0. The number of benzene rings is 12. The van der Waals surface area contributed by atoms with E-state index >= 15 is 0 Å². The first-order chi connectivity index (χ1) is 31.7. The number of rotatable bonds is 4. The average Bonchev–Trinajstić information content (AvgIpc) is 3.91. The number of hydrogen-bond acceptors (Lipinski definition) is 2. The van der Waals surface area contributed by atoms with Gasteiger partial charge in [0.1, 0.15) is 22.3 Å². The molecule has 2 heteroatoms. The van der Waals surface area contributed by atoms with E-state index in [0.29, 0.717) is 0 Å². The van der Waals surface area contributed by atoms with Crippen molar-refractivity contribution in [3.63, 3.8) is 0 Å². The summed E-state index contributed by atoms with van der Waals surface area (Å²) in [4.78, 5) is 0. The van der Waals surface area contributed by atoms with E-state index in [9.17, 15) is 0 Å². The third-order valence-corrected chi connectivity index (χ3v) is 13.6. The third kappa shape index (κ3) is 5.08. The van der Waals surface area contributed by atoms with Gasteiger partial charge in [-0.1, -0.05) is 176 Å². The van der Waals surface area contributed by atoms with Crippen LogP contribution in [-0.2, 0) is 0 Å². The van der Waals surface area contributed by atoms with Crippen LogP contribution in [0.25, 0.3) is 142 Å². The fraction of sp³-hybridized carbons (Fsp3) is 0. The number of hydrogen-bond donors (Lipinski definition) is 0. The molecule has 0 spiro atoms. The van der Waals surface area contributed by atoms with Gasteiger partial charge in [0.2, 0.25) is 0 Å². The van der Waals surface area contributed by atoms with E-state index in [1.165, 1.54) is 87.2 Å². The molecule has 0 aliphatic carbocycles. The van der Waals surface area contributed by atoms with E-state index < -0.39 is 0 Å². The summed E-state index contributed by atoms with van der Waals surface area (Å²) in [5.74, 6) is 0. The number of fused-ring (bicyclic) bond motifs is 11. The summed E-state index contributed by atoms with van der Waals surface area (Å²) >= 11 is 0. The Kier molecular flexibility index (Phi) is 7.43. The smallest absolute Gasteiger partial charge is 0.136 e. The second kappa shape index (κ2) is 13.5. The minimum Gasteiger partial charge on any atom is -0.456 e. The van der Waals surface area contributed by atoms with Crippen molar-refractivity contribution in [2.75, 3.05) is 0 Å². The minimum absolute atomic E-state index is 0.874. The Morgan fingerprint density at radius 3 is 1.28 bits per heavy atom. The highest BCUT2D eigenvalue weighted by Gasteiger charge is 2.23. The molecule has 0 aliphatic heterocycles. The molecule has 2 nitrogen and oxygen atoms in total. The van der Waals surface area contributed by atoms with Gasteiger partial charge in [0.15, 0.2) is 0 Å². The van der Waals surface area contributed by atoms with Gasteiger partial charge in [-0.15, -0.1) is 0 Å². The van der Waals surface area contributed by atoms with Crippen LogP contribution in [0.1, 0.15) is 0 Å².